The average Bonchev–Trinajstić information content (AvgIpc) is 2.54. The number of hydrogen-bond donors (Lipinski definition) is 2. The summed E-state index contributed by atoms with van der Waals surface area (Å²) in [6.45, 7) is 1.88. The summed E-state index contributed by atoms with van der Waals surface area (Å²) in [5.41, 5.74) is -0.616. The fraction of sp³-hybridized carbons (Fsp3) is 0.900. The minimum absolute atomic E-state index is 0.429. The third-order valence-corrected chi connectivity index (χ3v) is 3.11. The molecule has 3 nitrogen and oxygen atoms in total. The lowest BCUT2D eigenvalue weighted by Gasteiger charge is -2.25. The molecule has 0 saturated heterocycles. The van der Waals surface area contributed by atoms with Gasteiger partial charge in [-0.3, -0.25) is 4.79 Å². The van der Waals surface area contributed by atoms with Crippen molar-refractivity contribution >= 4 is 5.97 Å². The predicted octanol–water partition coefficient (Wildman–Crippen LogP) is 1.79. The van der Waals surface area contributed by atoms with Crippen molar-refractivity contribution in [2.24, 2.45) is 5.41 Å². The molecule has 0 spiro atoms. The number of carboxylic acid groups (broad SMARTS) is 1. The molecular weight excluding hydrogens is 168 g/mol. The van der Waals surface area contributed by atoms with Crippen LogP contribution in [0.1, 0.15) is 45.4 Å². The van der Waals surface area contributed by atoms with Crippen LogP contribution in [0.5, 0.6) is 0 Å². The SMILES string of the molecule is CCC(O)CC1(C(=O)O)CCCC1. The van der Waals surface area contributed by atoms with E-state index in [1.807, 2.05) is 6.92 Å². The summed E-state index contributed by atoms with van der Waals surface area (Å²) in [4.78, 5) is 11.1. The molecule has 0 aromatic carbocycles. The van der Waals surface area contributed by atoms with Gasteiger partial charge in [-0.2, -0.15) is 0 Å². The van der Waals surface area contributed by atoms with Gasteiger partial charge in [-0.1, -0.05) is 19.8 Å². The summed E-state index contributed by atoms with van der Waals surface area (Å²) < 4.78 is 0. The summed E-state index contributed by atoms with van der Waals surface area (Å²) in [6, 6.07) is 0. The van der Waals surface area contributed by atoms with Crippen LogP contribution < -0.4 is 0 Å². The van der Waals surface area contributed by atoms with Crippen LogP contribution in [-0.2, 0) is 4.79 Å². The Balaban J connectivity index is 2.62. The molecule has 0 heterocycles. The van der Waals surface area contributed by atoms with Gasteiger partial charge in [-0.05, 0) is 25.7 Å². The third-order valence-electron chi connectivity index (χ3n) is 3.11. The smallest absolute Gasteiger partial charge is 0.309 e. The van der Waals surface area contributed by atoms with Crippen LogP contribution in [0, 0.1) is 5.41 Å². The fourth-order valence-corrected chi connectivity index (χ4v) is 2.15. The number of carbonyl (C=O) groups is 1. The lowest BCUT2D eigenvalue weighted by Crippen LogP contribution is -2.32. The van der Waals surface area contributed by atoms with Gasteiger partial charge in [0.05, 0.1) is 11.5 Å². The highest BCUT2D eigenvalue weighted by Crippen LogP contribution is 2.42. The van der Waals surface area contributed by atoms with E-state index in [4.69, 9.17) is 5.11 Å². The molecule has 1 rings (SSSR count). The van der Waals surface area contributed by atoms with E-state index in [0.29, 0.717) is 12.8 Å². The van der Waals surface area contributed by atoms with Gasteiger partial charge in [-0.25, -0.2) is 0 Å². The van der Waals surface area contributed by atoms with Crippen LogP contribution in [-0.4, -0.2) is 22.3 Å². The number of rotatable bonds is 4. The van der Waals surface area contributed by atoms with E-state index in [0.717, 1.165) is 25.7 Å². The van der Waals surface area contributed by atoms with E-state index in [1.165, 1.54) is 0 Å². The molecule has 1 atom stereocenters. The van der Waals surface area contributed by atoms with Crippen LogP contribution in [0.2, 0.25) is 0 Å². The first-order valence-electron chi connectivity index (χ1n) is 5.02. The Bertz CT molecular complexity index is 183. The zero-order valence-electron chi connectivity index (χ0n) is 8.12. The maximum Gasteiger partial charge on any atom is 0.309 e. The molecule has 0 bridgehead atoms. The van der Waals surface area contributed by atoms with Crippen LogP contribution in [0.15, 0.2) is 0 Å². The number of aliphatic carboxylic acids is 1. The Kier molecular flexibility index (Phi) is 3.31. The zero-order valence-corrected chi connectivity index (χ0v) is 8.12. The first-order valence-corrected chi connectivity index (χ1v) is 5.02. The Labute approximate surface area is 78.8 Å². The van der Waals surface area contributed by atoms with Gasteiger partial charge < -0.3 is 10.2 Å². The van der Waals surface area contributed by atoms with Gasteiger partial charge in [0.15, 0.2) is 0 Å². The van der Waals surface area contributed by atoms with Crippen molar-refractivity contribution in [3.8, 4) is 0 Å². The Morgan fingerprint density at radius 3 is 2.38 bits per heavy atom. The normalized spacial score (nSPS) is 22.9. The highest BCUT2D eigenvalue weighted by molar-refractivity contribution is 5.75. The molecule has 3 heteroatoms. The molecule has 0 aromatic heterocycles. The minimum Gasteiger partial charge on any atom is -0.481 e. The molecule has 2 N–H and O–H groups in total. The van der Waals surface area contributed by atoms with Crippen molar-refractivity contribution in [3.63, 3.8) is 0 Å². The van der Waals surface area contributed by atoms with E-state index in [-0.39, 0.29) is 0 Å². The second kappa shape index (κ2) is 4.09. The van der Waals surface area contributed by atoms with Gasteiger partial charge in [0, 0.05) is 0 Å². The standard InChI is InChI=1S/C10H18O3/c1-2-8(11)7-10(9(12)13)5-3-4-6-10/h8,11H,2-7H2,1H3,(H,12,13). The number of aliphatic hydroxyl groups excluding tert-OH is 1. The van der Waals surface area contributed by atoms with E-state index in [9.17, 15) is 9.90 Å². The maximum atomic E-state index is 11.1. The molecule has 1 aliphatic carbocycles. The van der Waals surface area contributed by atoms with Crippen LogP contribution in [0.3, 0.4) is 0 Å². The summed E-state index contributed by atoms with van der Waals surface area (Å²) in [7, 11) is 0. The van der Waals surface area contributed by atoms with Crippen molar-refractivity contribution in [3.05, 3.63) is 0 Å². The summed E-state index contributed by atoms with van der Waals surface area (Å²) in [5.74, 6) is -0.725. The monoisotopic (exact) mass is 186 g/mol. The minimum atomic E-state index is -0.725. The van der Waals surface area contributed by atoms with E-state index >= 15 is 0 Å². The van der Waals surface area contributed by atoms with Gasteiger partial charge in [0.2, 0.25) is 0 Å². The average molecular weight is 186 g/mol. The molecule has 1 fully saturated rings. The second-order valence-electron chi connectivity index (χ2n) is 4.06. The summed E-state index contributed by atoms with van der Waals surface area (Å²) >= 11 is 0. The third kappa shape index (κ3) is 2.21. The predicted molar refractivity (Wildman–Crippen MR) is 49.5 cm³/mol. The maximum absolute atomic E-state index is 11.1. The Hall–Kier alpha value is -0.570. The lowest BCUT2D eigenvalue weighted by molar-refractivity contribution is -0.150. The Morgan fingerprint density at radius 2 is 2.00 bits per heavy atom. The van der Waals surface area contributed by atoms with Gasteiger partial charge in [0.1, 0.15) is 0 Å². The topological polar surface area (TPSA) is 57.5 Å². The molecule has 0 aromatic rings. The van der Waals surface area contributed by atoms with Crippen LogP contribution in [0.4, 0.5) is 0 Å². The number of hydrogen-bond acceptors (Lipinski definition) is 2. The highest BCUT2D eigenvalue weighted by atomic mass is 16.4. The molecule has 0 radical (unpaired) electrons. The van der Waals surface area contributed by atoms with Gasteiger partial charge >= 0.3 is 5.97 Å². The van der Waals surface area contributed by atoms with Crippen LogP contribution in [0.25, 0.3) is 0 Å². The molecule has 0 amide bonds. The van der Waals surface area contributed by atoms with Gasteiger partial charge in [-0.15, -0.1) is 0 Å². The van der Waals surface area contributed by atoms with E-state index in [2.05, 4.69) is 0 Å². The van der Waals surface area contributed by atoms with Crippen molar-refractivity contribution in [2.75, 3.05) is 0 Å². The molecule has 13 heavy (non-hydrogen) atoms. The first-order chi connectivity index (χ1) is 6.10. The summed E-state index contributed by atoms with van der Waals surface area (Å²) in [6.07, 6.45) is 4.08. The van der Waals surface area contributed by atoms with E-state index < -0.39 is 17.5 Å². The molecule has 1 unspecified atom stereocenters. The molecule has 0 aliphatic heterocycles. The van der Waals surface area contributed by atoms with Crippen LogP contribution >= 0.6 is 0 Å². The lowest BCUT2D eigenvalue weighted by atomic mass is 9.80. The van der Waals surface area contributed by atoms with Crippen molar-refractivity contribution in [1.82, 2.24) is 0 Å². The second-order valence-corrected chi connectivity index (χ2v) is 4.06. The molecule has 1 saturated carbocycles. The number of aliphatic hydroxyl groups is 1. The quantitative estimate of drug-likeness (QED) is 0.703. The largest absolute Gasteiger partial charge is 0.481 e. The molecular formula is C10H18O3. The Morgan fingerprint density at radius 1 is 1.46 bits per heavy atom. The summed E-state index contributed by atoms with van der Waals surface area (Å²) in [5, 5.41) is 18.6. The van der Waals surface area contributed by atoms with Crippen molar-refractivity contribution in [1.29, 1.82) is 0 Å². The highest BCUT2D eigenvalue weighted by Gasteiger charge is 2.42. The fourth-order valence-electron chi connectivity index (χ4n) is 2.15. The van der Waals surface area contributed by atoms with Gasteiger partial charge in [0.25, 0.3) is 0 Å². The number of carboxylic acids is 1. The van der Waals surface area contributed by atoms with E-state index in [1.54, 1.807) is 0 Å². The van der Waals surface area contributed by atoms with Crippen molar-refractivity contribution < 1.29 is 15.0 Å². The molecule has 1 aliphatic rings. The zero-order chi connectivity index (χ0) is 9.90. The van der Waals surface area contributed by atoms with Crippen molar-refractivity contribution in [2.45, 2.75) is 51.6 Å². The molecule has 76 valence electrons. The first kappa shape index (κ1) is 10.5.